The SMILES string of the molecule is CN1CCC(c2ncc3cc(CN)ccn23)C1. The smallest absolute Gasteiger partial charge is 0.117 e. The maximum Gasteiger partial charge on any atom is 0.117 e. The van der Waals surface area contributed by atoms with Gasteiger partial charge >= 0.3 is 0 Å². The van der Waals surface area contributed by atoms with Gasteiger partial charge in [-0.1, -0.05) is 0 Å². The van der Waals surface area contributed by atoms with E-state index < -0.39 is 0 Å². The number of nitrogens with two attached hydrogens (primary N) is 1. The van der Waals surface area contributed by atoms with Gasteiger partial charge < -0.3 is 15.0 Å². The summed E-state index contributed by atoms with van der Waals surface area (Å²) in [5, 5.41) is 0. The molecule has 0 aromatic carbocycles. The third-order valence-electron chi connectivity index (χ3n) is 3.62. The zero-order valence-corrected chi connectivity index (χ0v) is 10.1. The standard InChI is InChI=1S/C13H18N4/c1-16-4-3-11(9-16)13-15-8-12-6-10(7-14)2-5-17(12)13/h2,5-6,8,11H,3-4,7,9,14H2,1H3. The summed E-state index contributed by atoms with van der Waals surface area (Å²) in [4.78, 5) is 6.94. The summed E-state index contributed by atoms with van der Waals surface area (Å²) in [6.45, 7) is 2.86. The molecule has 17 heavy (non-hydrogen) atoms. The highest BCUT2D eigenvalue weighted by molar-refractivity contribution is 5.48. The van der Waals surface area contributed by atoms with Crippen LogP contribution in [0.3, 0.4) is 0 Å². The molecule has 2 aromatic heterocycles. The van der Waals surface area contributed by atoms with Crippen LogP contribution >= 0.6 is 0 Å². The Hall–Kier alpha value is -1.39. The maximum absolute atomic E-state index is 5.65. The van der Waals surface area contributed by atoms with Crippen molar-refractivity contribution in [3.8, 4) is 0 Å². The van der Waals surface area contributed by atoms with Gasteiger partial charge in [-0.25, -0.2) is 4.98 Å². The zero-order valence-electron chi connectivity index (χ0n) is 10.1. The minimum atomic E-state index is 0.561. The average Bonchev–Trinajstić information content (AvgIpc) is 2.93. The molecule has 1 saturated heterocycles. The molecule has 2 aromatic rings. The number of hydrogen-bond donors (Lipinski definition) is 1. The Morgan fingerprint density at radius 2 is 2.41 bits per heavy atom. The van der Waals surface area contributed by atoms with Crippen LogP contribution in [-0.4, -0.2) is 34.4 Å². The Morgan fingerprint density at radius 1 is 1.53 bits per heavy atom. The molecule has 1 unspecified atom stereocenters. The number of fused-ring (bicyclic) bond motifs is 1. The first-order chi connectivity index (χ1) is 8.28. The minimum absolute atomic E-state index is 0.561. The maximum atomic E-state index is 5.65. The number of aromatic nitrogens is 2. The first-order valence-electron chi connectivity index (χ1n) is 6.12. The van der Waals surface area contributed by atoms with Crippen LogP contribution in [0.25, 0.3) is 5.52 Å². The number of nitrogens with zero attached hydrogens (tertiary/aromatic N) is 3. The summed E-state index contributed by atoms with van der Waals surface area (Å²) in [6, 6.07) is 4.20. The average molecular weight is 230 g/mol. The highest BCUT2D eigenvalue weighted by atomic mass is 15.1. The minimum Gasteiger partial charge on any atom is -0.326 e. The first-order valence-corrected chi connectivity index (χ1v) is 6.12. The van der Waals surface area contributed by atoms with Crippen LogP contribution in [0, 0.1) is 0 Å². The van der Waals surface area contributed by atoms with Crippen molar-refractivity contribution in [2.75, 3.05) is 20.1 Å². The van der Waals surface area contributed by atoms with E-state index >= 15 is 0 Å². The molecule has 1 aliphatic heterocycles. The van der Waals surface area contributed by atoms with E-state index in [1.807, 2.05) is 6.20 Å². The Kier molecular flexibility index (Phi) is 2.61. The van der Waals surface area contributed by atoms with Crippen LogP contribution < -0.4 is 5.73 Å². The predicted octanol–water partition coefficient (Wildman–Crippen LogP) is 1.21. The molecule has 1 fully saturated rings. The van der Waals surface area contributed by atoms with Gasteiger partial charge in [0.05, 0.1) is 11.7 Å². The summed E-state index contributed by atoms with van der Waals surface area (Å²) >= 11 is 0. The van der Waals surface area contributed by atoms with Crippen molar-refractivity contribution < 1.29 is 0 Å². The van der Waals surface area contributed by atoms with Crippen molar-refractivity contribution in [2.45, 2.75) is 18.9 Å². The largest absolute Gasteiger partial charge is 0.326 e. The van der Waals surface area contributed by atoms with Crippen LogP contribution in [0.15, 0.2) is 24.5 Å². The highest BCUT2D eigenvalue weighted by Gasteiger charge is 2.24. The van der Waals surface area contributed by atoms with Gasteiger partial charge in [0.2, 0.25) is 0 Å². The van der Waals surface area contributed by atoms with Crippen molar-refractivity contribution in [1.82, 2.24) is 14.3 Å². The molecule has 90 valence electrons. The van der Waals surface area contributed by atoms with Crippen LogP contribution in [0.1, 0.15) is 23.7 Å². The molecule has 0 bridgehead atoms. The molecule has 0 spiro atoms. The number of imidazole rings is 1. The lowest BCUT2D eigenvalue weighted by Crippen LogP contribution is -2.14. The van der Waals surface area contributed by atoms with Crippen molar-refractivity contribution in [3.63, 3.8) is 0 Å². The molecule has 1 atom stereocenters. The summed E-state index contributed by atoms with van der Waals surface area (Å²) in [7, 11) is 2.17. The summed E-state index contributed by atoms with van der Waals surface area (Å²) in [5.41, 5.74) is 7.96. The molecular weight excluding hydrogens is 212 g/mol. The fourth-order valence-corrected chi connectivity index (χ4v) is 2.64. The molecule has 0 saturated carbocycles. The third kappa shape index (κ3) is 1.83. The number of likely N-dealkylation sites (N-methyl/N-ethyl adjacent to an activating group) is 1. The fraction of sp³-hybridized carbons (Fsp3) is 0.462. The molecule has 3 rings (SSSR count). The lowest BCUT2D eigenvalue weighted by molar-refractivity contribution is 0.409. The molecule has 0 aliphatic carbocycles. The van der Waals surface area contributed by atoms with E-state index in [1.165, 1.54) is 18.8 Å². The van der Waals surface area contributed by atoms with E-state index in [0.29, 0.717) is 12.5 Å². The van der Waals surface area contributed by atoms with E-state index in [4.69, 9.17) is 5.73 Å². The molecule has 0 radical (unpaired) electrons. The van der Waals surface area contributed by atoms with Gasteiger partial charge in [-0.15, -0.1) is 0 Å². The monoisotopic (exact) mass is 230 g/mol. The Morgan fingerprint density at radius 3 is 3.12 bits per heavy atom. The lowest BCUT2D eigenvalue weighted by atomic mass is 10.1. The molecule has 0 amide bonds. The van der Waals surface area contributed by atoms with E-state index in [-0.39, 0.29) is 0 Å². The number of rotatable bonds is 2. The Bertz CT molecular complexity index is 531. The Balaban J connectivity index is 2.00. The third-order valence-corrected chi connectivity index (χ3v) is 3.62. The number of pyridine rings is 1. The molecule has 4 heteroatoms. The van der Waals surface area contributed by atoms with E-state index in [9.17, 15) is 0 Å². The predicted molar refractivity (Wildman–Crippen MR) is 67.9 cm³/mol. The van der Waals surface area contributed by atoms with Crippen molar-refractivity contribution in [1.29, 1.82) is 0 Å². The van der Waals surface area contributed by atoms with E-state index in [2.05, 4.69) is 39.7 Å². The molecular formula is C13H18N4. The van der Waals surface area contributed by atoms with Crippen LogP contribution in [0.5, 0.6) is 0 Å². The van der Waals surface area contributed by atoms with E-state index in [1.54, 1.807) is 0 Å². The van der Waals surface area contributed by atoms with Gasteiger partial charge in [-0.2, -0.15) is 0 Å². The highest BCUT2D eigenvalue weighted by Crippen LogP contribution is 2.26. The number of likely N-dealkylation sites (tertiary alicyclic amines) is 1. The quantitative estimate of drug-likeness (QED) is 0.843. The lowest BCUT2D eigenvalue weighted by Gasteiger charge is -2.10. The zero-order chi connectivity index (χ0) is 11.8. The van der Waals surface area contributed by atoms with Gasteiger partial charge in [0, 0.05) is 25.2 Å². The second kappa shape index (κ2) is 4.13. The Labute approximate surface area is 101 Å². The van der Waals surface area contributed by atoms with Gasteiger partial charge in [-0.05, 0) is 37.7 Å². The molecule has 1 aliphatic rings. The van der Waals surface area contributed by atoms with Gasteiger partial charge in [-0.3, -0.25) is 0 Å². The van der Waals surface area contributed by atoms with Crippen LogP contribution in [-0.2, 0) is 6.54 Å². The summed E-state index contributed by atoms with van der Waals surface area (Å²) < 4.78 is 2.20. The van der Waals surface area contributed by atoms with E-state index in [0.717, 1.165) is 17.6 Å². The molecule has 3 heterocycles. The summed E-state index contributed by atoms with van der Waals surface area (Å²) in [6.07, 6.45) is 5.25. The van der Waals surface area contributed by atoms with Crippen molar-refractivity contribution >= 4 is 5.52 Å². The number of hydrogen-bond acceptors (Lipinski definition) is 3. The molecule has 4 nitrogen and oxygen atoms in total. The second-order valence-corrected chi connectivity index (χ2v) is 4.90. The van der Waals surface area contributed by atoms with Gasteiger partial charge in [0.25, 0.3) is 0 Å². The summed E-state index contributed by atoms with van der Waals surface area (Å²) in [5.74, 6) is 1.75. The van der Waals surface area contributed by atoms with Crippen LogP contribution in [0.2, 0.25) is 0 Å². The molecule has 2 N–H and O–H groups in total. The van der Waals surface area contributed by atoms with Crippen LogP contribution in [0.4, 0.5) is 0 Å². The van der Waals surface area contributed by atoms with Gasteiger partial charge in [0.1, 0.15) is 5.82 Å². The fourth-order valence-electron chi connectivity index (χ4n) is 2.64. The second-order valence-electron chi connectivity index (χ2n) is 4.90. The van der Waals surface area contributed by atoms with Gasteiger partial charge in [0.15, 0.2) is 0 Å². The first kappa shape index (κ1) is 10.7. The normalized spacial score (nSPS) is 21.4. The topological polar surface area (TPSA) is 46.6 Å². The van der Waals surface area contributed by atoms with Crippen molar-refractivity contribution in [3.05, 3.63) is 35.9 Å². The van der Waals surface area contributed by atoms with Crippen molar-refractivity contribution in [2.24, 2.45) is 5.73 Å².